The zero-order valence-corrected chi connectivity index (χ0v) is 13.7. The van der Waals surface area contributed by atoms with E-state index < -0.39 is 0 Å². The van der Waals surface area contributed by atoms with Crippen LogP contribution in [0.5, 0.6) is 23.0 Å². The number of hydrogen-bond acceptors (Lipinski definition) is 4. The Hall–Kier alpha value is -2.95. The zero-order chi connectivity index (χ0) is 16.9. The van der Waals surface area contributed by atoms with E-state index in [1.807, 2.05) is 50.2 Å². The summed E-state index contributed by atoms with van der Waals surface area (Å²) in [5, 5.41) is 17.4. The fraction of sp³-hybridized carbons (Fsp3) is 0.211. The SMILES string of the molecule is CCOc1cc(O)c(-c2[nH]ncc2Oc2ccccc2)cc1CC. The number of phenols is 1. The molecule has 0 unspecified atom stereocenters. The first kappa shape index (κ1) is 15.9. The van der Waals surface area contributed by atoms with E-state index in [0.29, 0.717) is 35.1 Å². The number of H-pyrrole nitrogens is 1. The van der Waals surface area contributed by atoms with Gasteiger partial charge >= 0.3 is 0 Å². The van der Waals surface area contributed by atoms with Gasteiger partial charge in [0.2, 0.25) is 0 Å². The highest BCUT2D eigenvalue weighted by atomic mass is 16.5. The molecule has 2 aromatic carbocycles. The Morgan fingerprint density at radius 3 is 2.58 bits per heavy atom. The second-order valence-corrected chi connectivity index (χ2v) is 5.29. The van der Waals surface area contributed by atoms with E-state index >= 15 is 0 Å². The Balaban J connectivity index is 1.99. The van der Waals surface area contributed by atoms with Crippen molar-refractivity contribution in [3.8, 4) is 34.3 Å². The van der Waals surface area contributed by atoms with Crippen LogP contribution in [0.1, 0.15) is 19.4 Å². The average molecular weight is 324 g/mol. The second-order valence-electron chi connectivity index (χ2n) is 5.29. The molecule has 0 spiro atoms. The summed E-state index contributed by atoms with van der Waals surface area (Å²) in [6.07, 6.45) is 2.40. The molecule has 0 aliphatic heterocycles. The van der Waals surface area contributed by atoms with Gasteiger partial charge < -0.3 is 14.6 Å². The second kappa shape index (κ2) is 7.08. The Labute approximate surface area is 140 Å². The number of nitrogens with one attached hydrogen (secondary N) is 1. The largest absolute Gasteiger partial charge is 0.507 e. The van der Waals surface area contributed by atoms with Crippen molar-refractivity contribution in [1.29, 1.82) is 0 Å². The van der Waals surface area contributed by atoms with Crippen LogP contribution in [0.3, 0.4) is 0 Å². The number of rotatable bonds is 6. The van der Waals surface area contributed by atoms with Crippen LogP contribution < -0.4 is 9.47 Å². The van der Waals surface area contributed by atoms with Crippen LogP contribution >= 0.6 is 0 Å². The lowest BCUT2D eigenvalue weighted by molar-refractivity contribution is 0.334. The zero-order valence-electron chi connectivity index (χ0n) is 13.7. The molecule has 2 N–H and O–H groups in total. The Kier molecular flexibility index (Phi) is 4.70. The molecule has 0 saturated heterocycles. The van der Waals surface area contributed by atoms with Crippen LogP contribution in [0.4, 0.5) is 0 Å². The number of aryl methyl sites for hydroxylation is 1. The lowest BCUT2D eigenvalue weighted by atomic mass is 10.0. The van der Waals surface area contributed by atoms with E-state index in [9.17, 15) is 5.11 Å². The van der Waals surface area contributed by atoms with Gasteiger partial charge in [-0.15, -0.1) is 0 Å². The van der Waals surface area contributed by atoms with Gasteiger partial charge in [0.05, 0.1) is 12.8 Å². The van der Waals surface area contributed by atoms with Gasteiger partial charge in [0.15, 0.2) is 5.75 Å². The number of hydrogen-bond donors (Lipinski definition) is 2. The van der Waals surface area contributed by atoms with Gasteiger partial charge in [-0.3, -0.25) is 5.10 Å². The number of nitrogens with zero attached hydrogens (tertiary/aromatic N) is 1. The predicted octanol–water partition coefficient (Wildman–Crippen LogP) is 4.54. The molecule has 124 valence electrons. The highest BCUT2D eigenvalue weighted by molar-refractivity contribution is 5.74. The number of ether oxygens (including phenoxy) is 2. The molecule has 3 rings (SSSR count). The molecule has 0 fully saturated rings. The standard InChI is InChI=1S/C19H20N2O3/c1-3-13-10-15(16(22)11-17(13)23-4-2)19-18(12-20-21-19)24-14-8-6-5-7-9-14/h5-12,22H,3-4H2,1-2H3,(H,20,21). The van der Waals surface area contributed by atoms with E-state index in [1.54, 1.807) is 12.3 Å². The van der Waals surface area contributed by atoms with Crippen LogP contribution in [0.15, 0.2) is 48.7 Å². The van der Waals surface area contributed by atoms with Crippen molar-refractivity contribution in [2.45, 2.75) is 20.3 Å². The fourth-order valence-corrected chi connectivity index (χ4v) is 2.54. The van der Waals surface area contributed by atoms with E-state index in [0.717, 1.165) is 12.0 Å². The quantitative estimate of drug-likeness (QED) is 0.699. The number of aromatic nitrogens is 2. The number of phenolic OH excluding ortho intramolecular Hbond substituents is 1. The molecule has 0 radical (unpaired) electrons. The van der Waals surface area contributed by atoms with Crippen LogP contribution in [0, 0.1) is 0 Å². The maximum absolute atomic E-state index is 10.4. The smallest absolute Gasteiger partial charge is 0.173 e. The van der Waals surface area contributed by atoms with E-state index in [4.69, 9.17) is 9.47 Å². The summed E-state index contributed by atoms with van der Waals surface area (Å²) in [7, 11) is 0. The van der Waals surface area contributed by atoms with Crippen LogP contribution in [-0.2, 0) is 6.42 Å². The number of aromatic hydroxyl groups is 1. The fourth-order valence-electron chi connectivity index (χ4n) is 2.54. The van der Waals surface area contributed by atoms with Crippen molar-refractivity contribution in [2.24, 2.45) is 0 Å². The maximum atomic E-state index is 10.4. The summed E-state index contributed by atoms with van der Waals surface area (Å²) in [6.45, 7) is 4.52. The summed E-state index contributed by atoms with van der Waals surface area (Å²) in [6, 6.07) is 13.0. The first-order chi connectivity index (χ1) is 11.7. The first-order valence-electron chi connectivity index (χ1n) is 7.98. The van der Waals surface area contributed by atoms with Gasteiger partial charge in [-0.2, -0.15) is 5.10 Å². The molecule has 1 heterocycles. The minimum atomic E-state index is 0.123. The molecule has 3 aromatic rings. The Bertz CT molecular complexity index is 813. The van der Waals surface area contributed by atoms with Crippen LogP contribution in [-0.4, -0.2) is 21.9 Å². The summed E-state index contributed by atoms with van der Waals surface area (Å²) < 4.78 is 11.5. The van der Waals surface area contributed by atoms with Crippen LogP contribution in [0.25, 0.3) is 11.3 Å². The minimum Gasteiger partial charge on any atom is -0.507 e. The summed E-state index contributed by atoms with van der Waals surface area (Å²) in [4.78, 5) is 0. The van der Waals surface area contributed by atoms with Gasteiger partial charge in [-0.05, 0) is 37.1 Å². The molecule has 24 heavy (non-hydrogen) atoms. The van der Waals surface area contributed by atoms with Crippen LogP contribution in [0.2, 0.25) is 0 Å². The molecule has 0 atom stereocenters. The first-order valence-corrected chi connectivity index (χ1v) is 7.98. The summed E-state index contributed by atoms with van der Waals surface area (Å²) in [5.74, 6) is 2.09. The van der Waals surface area contributed by atoms with Crippen molar-refractivity contribution in [2.75, 3.05) is 6.61 Å². The summed E-state index contributed by atoms with van der Waals surface area (Å²) in [5.41, 5.74) is 2.29. The number of benzene rings is 2. The molecule has 5 heteroatoms. The Morgan fingerprint density at radius 2 is 1.88 bits per heavy atom. The monoisotopic (exact) mass is 324 g/mol. The van der Waals surface area contributed by atoms with Crippen molar-refractivity contribution in [3.63, 3.8) is 0 Å². The molecule has 0 aliphatic rings. The third kappa shape index (κ3) is 3.20. The van der Waals surface area contributed by atoms with Gasteiger partial charge in [0.1, 0.15) is 22.9 Å². The Morgan fingerprint density at radius 1 is 1.08 bits per heavy atom. The topological polar surface area (TPSA) is 67.4 Å². The number of aromatic amines is 1. The average Bonchev–Trinajstić information content (AvgIpc) is 3.04. The van der Waals surface area contributed by atoms with Crippen molar-refractivity contribution >= 4 is 0 Å². The minimum absolute atomic E-state index is 0.123. The van der Waals surface area contributed by atoms with E-state index in [2.05, 4.69) is 10.2 Å². The van der Waals surface area contributed by atoms with Gasteiger partial charge in [-0.25, -0.2) is 0 Å². The molecule has 0 bridgehead atoms. The van der Waals surface area contributed by atoms with Gasteiger partial charge in [-0.1, -0.05) is 25.1 Å². The maximum Gasteiger partial charge on any atom is 0.173 e. The van der Waals surface area contributed by atoms with E-state index in [-0.39, 0.29) is 5.75 Å². The predicted molar refractivity (Wildman–Crippen MR) is 92.8 cm³/mol. The number of para-hydroxylation sites is 1. The molecule has 0 saturated carbocycles. The van der Waals surface area contributed by atoms with Crippen molar-refractivity contribution in [3.05, 3.63) is 54.2 Å². The normalized spacial score (nSPS) is 10.6. The lowest BCUT2D eigenvalue weighted by Crippen LogP contribution is -1.97. The highest BCUT2D eigenvalue weighted by Gasteiger charge is 2.17. The molecule has 0 amide bonds. The van der Waals surface area contributed by atoms with Crippen molar-refractivity contribution in [1.82, 2.24) is 10.2 Å². The molecule has 0 aliphatic carbocycles. The van der Waals surface area contributed by atoms with E-state index in [1.165, 1.54) is 0 Å². The molecular weight excluding hydrogens is 304 g/mol. The molecule has 1 aromatic heterocycles. The third-order valence-corrected chi connectivity index (χ3v) is 3.70. The third-order valence-electron chi connectivity index (χ3n) is 3.70. The lowest BCUT2D eigenvalue weighted by Gasteiger charge is -2.13. The highest BCUT2D eigenvalue weighted by Crippen LogP contribution is 2.39. The van der Waals surface area contributed by atoms with Crippen molar-refractivity contribution < 1.29 is 14.6 Å². The van der Waals surface area contributed by atoms with Gasteiger partial charge in [0, 0.05) is 11.6 Å². The summed E-state index contributed by atoms with van der Waals surface area (Å²) >= 11 is 0. The molecule has 5 nitrogen and oxygen atoms in total. The molecular formula is C19H20N2O3. The van der Waals surface area contributed by atoms with Gasteiger partial charge in [0.25, 0.3) is 0 Å².